The van der Waals surface area contributed by atoms with E-state index in [4.69, 9.17) is 16.3 Å². The molecule has 1 nitrogen and oxygen atoms in total. The molecule has 100 valence electrons. The highest BCUT2D eigenvalue weighted by Crippen LogP contribution is 2.17. The molecule has 0 bridgehead atoms. The van der Waals surface area contributed by atoms with E-state index in [-0.39, 0.29) is 12.4 Å². The molecule has 0 aromatic heterocycles. The van der Waals surface area contributed by atoms with Crippen LogP contribution in [-0.4, -0.2) is 0 Å². The molecule has 2 aromatic rings. The predicted octanol–water partition coefficient (Wildman–Crippen LogP) is 4.81. The van der Waals surface area contributed by atoms with Gasteiger partial charge in [0.15, 0.2) is 0 Å². The van der Waals surface area contributed by atoms with Crippen molar-refractivity contribution in [2.24, 2.45) is 0 Å². The first kappa shape index (κ1) is 14.0. The molecule has 0 spiro atoms. The molecule has 0 unspecified atom stereocenters. The third kappa shape index (κ3) is 3.79. The number of hydrogen-bond acceptors (Lipinski definition) is 1. The van der Waals surface area contributed by atoms with Crippen molar-refractivity contribution in [3.63, 3.8) is 0 Å². The fraction of sp³-hybridized carbons (Fsp3) is 0.250. The Morgan fingerprint density at radius 3 is 2.37 bits per heavy atom. The van der Waals surface area contributed by atoms with E-state index in [2.05, 4.69) is 26.0 Å². The monoisotopic (exact) mass is 278 g/mol. The van der Waals surface area contributed by atoms with Crippen LogP contribution < -0.4 is 0 Å². The number of hydrogen-bond donors (Lipinski definition) is 0. The molecule has 0 aliphatic heterocycles. The highest BCUT2D eigenvalue weighted by Gasteiger charge is 2.04. The van der Waals surface area contributed by atoms with Crippen molar-refractivity contribution in [2.75, 3.05) is 0 Å². The van der Waals surface area contributed by atoms with Gasteiger partial charge in [0.05, 0.1) is 13.2 Å². The average molecular weight is 279 g/mol. The zero-order valence-electron chi connectivity index (χ0n) is 11.0. The lowest BCUT2D eigenvalue weighted by atomic mass is 10.1. The molecule has 0 heterocycles. The Morgan fingerprint density at radius 2 is 1.68 bits per heavy atom. The van der Waals surface area contributed by atoms with Crippen molar-refractivity contribution < 1.29 is 9.13 Å². The van der Waals surface area contributed by atoms with Crippen LogP contribution in [0.25, 0.3) is 0 Å². The van der Waals surface area contributed by atoms with Gasteiger partial charge in [0.1, 0.15) is 5.82 Å². The van der Waals surface area contributed by atoms with Gasteiger partial charge < -0.3 is 4.74 Å². The van der Waals surface area contributed by atoms with Crippen molar-refractivity contribution in [3.8, 4) is 0 Å². The molecule has 3 heteroatoms. The zero-order valence-corrected chi connectivity index (χ0v) is 11.8. The van der Waals surface area contributed by atoms with E-state index in [1.54, 1.807) is 12.1 Å². The third-order valence-corrected chi connectivity index (χ3v) is 3.26. The van der Waals surface area contributed by atoms with E-state index in [0.29, 0.717) is 17.2 Å². The number of halogens is 2. The van der Waals surface area contributed by atoms with Gasteiger partial charge in [0.25, 0.3) is 0 Å². The molecule has 0 fully saturated rings. The molecular formula is C16H16ClFO. The van der Waals surface area contributed by atoms with Crippen LogP contribution in [0.5, 0.6) is 0 Å². The van der Waals surface area contributed by atoms with Crippen LogP contribution in [0.3, 0.4) is 0 Å². The van der Waals surface area contributed by atoms with Crippen molar-refractivity contribution in [3.05, 3.63) is 69.5 Å². The summed E-state index contributed by atoms with van der Waals surface area (Å²) in [5, 5.41) is 0.399. The Morgan fingerprint density at radius 1 is 1.00 bits per heavy atom. The SMILES string of the molecule is Cc1ccc(COCc2ccc(Cl)cc2F)c(C)c1. The number of rotatable bonds is 4. The van der Waals surface area contributed by atoms with Crippen molar-refractivity contribution in [1.29, 1.82) is 0 Å². The first-order chi connectivity index (χ1) is 9.06. The summed E-state index contributed by atoms with van der Waals surface area (Å²) in [6.07, 6.45) is 0. The molecular weight excluding hydrogens is 263 g/mol. The normalized spacial score (nSPS) is 10.7. The molecule has 0 saturated carbocycles. The van der Waals surface area contributed by atoms with E-state index in [9.17, 15) is 4.39 Å². The molecule has 0 radical (unpaired) electrons. The van der Waals surface area contributed by atoms with Gasteiger partial charge in [-0.05, 0) is 37.1 Å². The summed E-state index contributed by atoms with van der Waals surface area (Å²) in [4.78, 5) is 0. The zero-order chi connectivity index (χ0) is 13.8. The molecule has 0 amide bonds. The van der Waals surface area contributed by atoms with Crippen LogP contribution in [0, 0.1) is 19.7 Å². The van der Waals surface area contributed by atoms with Gasteiger partial charge in [0, 0.05) is 10.6 Å². The summed E-state index contributed by atoms with van der Waals surface area (Å²) in [5.74, 6) is -0.326. The Hall–Kier alpha value is -1.38. The maximum Gasteiger partial charge on any atom is 0.130 e. The highest BCUT2D eigenvalue weighted by atomic mass is 35.5. The van der Waals surface area contributed by atoms with Crippen LogP contribution in [-0.2, 0) is 18.0 Å². The van der Waals surface area contributed by atoms with Gasteiger partial charge in [-0.25, -0.2) is 4.39 Å². The molecule has 2 aromatic carbocycles. The van der Waals surface area contributed by atoms with Crippen LogP contribution >= 0.6 is 11.6 Å². The molecule has 0 aliphatic carbocycles. The van der Waals surface area contributed by atoms with Crippen LogP contribution in [0.2, 0.25) is 5.02 Å². The molecule has 0 saturated heterocycles. The van der Waals surface area contributed by atoms with Gasteiger partial charge in [0.2, 0.25) is 0 Å². The molecule has 0 N–H and O–H groups in total. The quantitative estimate of drug-likeness (QED) is 0.780. The lowest BCUT2D eigenvalue weighted by Crippen LogP contribution is -1.98. The second-order valence-electron chi connectivity index (χ2n) is 4.66. The molecule has 0 aliphatic rings. The summed E-state index contributed by atoms with van der Waals surface area (Å²) in [7, 11) is 0. The maximum atomic E-state index is 13.5. The van der Waals surface area contributed by atoms with E-state index < -0.39 is 0 Å². The fourth-order valence-corrected chi connectivity index (χ4v) is 2.08. The molecule has 0 atom stereocenters. The van der Waals surface area contributed by atoms with Crippen LogP contribution in [0.15, 0.2) is 36.4 Å². The van der Waals surface area contributed by atoms with Gasteiger partial charge in [-0.1, -0.05) is 41.4 Å². The van der Waals surface area contributed by atoms with Gasteiger partial charge in [-0.2, -0.15) is 0 Å². The van der Waals surface area contributed by atoms with Crippen LogP contribution in [0.1, 0.15) is 22.3 Å². The van der Waals surface area contributed by atoms with E-state index in [0.717, 1.165) is 5.56 Å². The third-order valence-electron chi connectivity index (χ3n) is 3.03. The van der Waals surface area contributed by atoms with Gasteiger partial charge >= 0.3 is 0 Å². The summed E-state index contributed by atoms with van der Waals surface area (Å²) >= 11 is 5.70. The van der Waals surface area contributed by atoms with Crippen molar-refractivity contribution >= 4 is 11.6 Å². The minimum absolute atomic E-state index is 0.246. The molecule has 19 heavy (non-hydrogen) atoms. The van der Waals surface area contributed by atoms with Crippen LogP contribution in [0.4, 0.5) is 4.39 Å². The minimum atomic E-state index is -0.326. The Balaban J connectivity index is 1.96. The number of aryl methyl sites for hydroxylation is 2. The first-order valence-electron chi connectivity index (χ1n) is 6.14. The topological polar surface area (TPSA) is 9.23 Å². The Labute approximate surface area is 118 Å². The van der Waals surface area contributed by atoms with E-state index in [1.165, 1.54) is 17.2 Å². The second kappa shape index (κ2) is 6.18. The van der Waals surface area contributed by atoms with Crippen molar-refractivity contribution in [1.82, 2.24) is 0 Å². The maximum absolute atomic E-state index is 13.5. The van der Waals surface area contributed by atoms with Gasteiger partial charge in [-0.3, -0.25) is 0 Å². The summed E-state index contributed by atoms with van der Waals surface area (Å²) in [6, 6.07) is 10.8. The van der Waals surface area contributed by atoms with E-state index >= 15 is 0 Å². The Bertz CT molecular complexity index is 529. The Kier molecular flexibility index (Phi) is 4.56. The average Bonchev–Trinajstić information content (AvgIpc) is 2.34. The van der Waals surface area contributed by atoms with Gasteiger partial charge in [-0.15, -0.1) is 0 Å². The lowest BCUT2D eigenvalue weighted by molar-refractivity contribution is 0.104. The second-order valence-corrected chi connectivity index (χ2v) is 5.09. The van der Waals surface area contributed by atoms with Crippen molar-refractivity contribution in [2.45, 2.75) is 27.1 Å². The fourth-order valence-electron chi connectivity index (χ4n) is 1.92. The summed E-state index contributed by atoms with van der Waals surface area (Å²) < 4.78 is 19.1. The smallest absolute Gasteiger partial charge is 0.130 e. The first-order valence-corrected chi connectivity index (χ1v) is 6.52. The number of benzene rings is 2. The van der Waals surface area contributed by atoms with E-state index in [1.807, 2.05) is 6.07 Å². The minimum Gasteiger partial charge on any atom is -0.372 e. The summed E-state index contributed by atoms with van der Waals surface area (Å²) in [5.41, 5.74) is 4.07. The number of ether oxygens (including phenoxy) is 1. The largest absolute Gasteiger partial charge is 0.372 e. The highest BCUT2D eigenvalue weighted by molar-refractivity contribution is 6.30. The predicted molar refractivity (Wildman–Crippen MR) is 75.8 cm³/mol. The lowest BCUT2D eigenvalue weighted by Gasteiger charge is -2.09. The summed E-state index contributed by atoms with van der Waals surface area (Å²) in [6.45, 7) is 4.83. The standard InChI is InChI=1S/C16H16ClFO/c1-11-3-4-13(12(2)7-11)9-19-10-14-5-6-15(17)8-16(14)18/h3-8H,9-10H2,1-2H3. The molecule has 2 rings (SSSR count).